The first-order chi connectivity index (χ1) is 65.6. The molecule has 0 saturated carbocycles. The van der Waals surface area contributed by atoms with Crippen LogP contribution in [0.4, 0.5) is 0 Å². The molecule has 0 amide bonds. The fourth-order valence-electron chi connectivity index (χ4n) is 16.7. The number of hydrogen-bond acceptors (Lipinski definition) is 10. The normalized spacial score (nSPS) is 11.5. The zero-order valence-electron chi connectivity index (χ0n) is 76.0. The highest BCUT2D eigenvalue weighted by Crippen LogP contribution is 2.41. The second-order valence-electron chi connectivity index (χ2n) is 32.5. The summed E-state index contributed by atoms with van der Waals surface area (Å²) in [6.07, 6.45) is 20.3. The third-order valence-electron chi connectivity index (χ3n) is 23.0. The van der Waals surface area contributed by atoms with Gasteiger partial charge in [0.25, 0.3) is 0 Å². The fraction of sp³-hybridized carbons (Fsp3) is 0.106. The molecular formula is C123H108N10. The zero-order valence-corrected chi connectivity index (χ0v) is 76.0. The first kappa shape index (κ1) is 91.5. The molecule has 0 bridgehead atoms. The molecule has 0 fully saturated rings. The summed E-state index contributed by atoms with van der Waals surface area (Å²) >= 11 is 0. The topological polar surface area (TPSA) is 126 Å². The second-order valence-corrected chi connectivity index (χ2v) is 32.5. The van der Waals surface area contributed by atoms with Crippen molar-refractivity contribution in [3.8, 4) is 22.3 Å². The van der Waals surface area contributed by atoms with Crippen LogP contribution in [-0.4, -0.2) is 56.0 Å². The Hall–Kier alpha value is -16.3. The summed E-state index contributed by atoms with van der Waals surface area (Å²) in [4.78, 5) is 46.7. The Kier molecular flexibility index (Phi) is 32.8. The molecule has 10 heteroatoms. The number of benzene rings is 14. The van der Waals surface area contributed by atoms with E-state index in [1.165, 1.54) is 133 Å². The van der Waals surface area contributed by atoms with Gasteiger partial charge in [-0.25, -0.2) is 0 Å². The van der Waals surface area contributed by atoms with Gasteiger partial charge in [0.1, 0.15) is 30.2 Å². The number of aryl methyl sites for hydroxylation is 6. The first-order valence-electron chi connectivity index (χ1n) is 45.4. The van der Waals surface area contributed by atoms with Crippen molar-refractivity contribution in [1.82, 2.24) is 24.9 Å². The maximum atomic E-state index is 5.12. The number of fused-ring (bicyclic) bond motifs is 2. The molecule has 650 valence electrons. The van der Waals surface area contributed by atoms with Crippen LogP contribution in [-0.2, 0) is 12.8 Å². The predicted molar refractivity (Wildman–Crippen MR) is 556 cm³/mol. The Morgan fingerprint density at radius 2 is 0.481 bits per heavy atom. The minimum absolute atomic E-state index is 0.00527. The minimum Gasteiger partial charge on any atom is -0.278 e. The molecule has 5 aromatic heterocycles. The lowest BCUT2D eigenvalue weighted by molar-refractivity contribution is 0.836. The molecule has 5 heterocycles. The zero-order chi connectivity index (χ0) is 91.4. The van der Waals surface area contributed by atoms with E-state index in [1.54, 1.807) is 31.0 Å². The van der Waals surface area contributed by atoms with Crippen LogP contribution in [0.25, 0.3) is 43.8 Å². The molecule has 0 saturated heterocycles. The number of aliphatic imine (C=N–C) groups is 5. The van der Waals surface area contributed by atoms with Gasteiger partial charge in [0.2, 0.25) is 0 Å². The molecule has 0 spiro atoms. The molecule has 1 atom stereocenters. The molecule has 10 nitrogen and oxygen atoms in total. The maximum absolute atomic E-state index is 5.12. The summed E-state index contributed by atoms with van der Waals surface area (Å²) < 4.78 is 0. The van der Waals surface area contributed by atoms with E-state index in [-0.39, 0.29) is 30.2 Å². The highest BCUT2D eigenvalue weighted by molar-refractivity contribution is 5.91. The SMILES string of the molecule is C(=NC(c1cccc2ccccc12)c1cccc2ccccc12)c1ccccn1.C(=NC(c1ccccc1-c1ccccc1)c1ccccc1-c1ccccc1)c1ccccn1.CCc1ccccc1C(N=Cc1ccccn1)c1ccccc1CC.Cc1cc(C)cc(C(N=Cc2ccccn2)c2ccccc2)c1.Cc1cccc(C(N=Cc2ccccn2)c2cccc(C)c2)c1. The summed E-state index contributed by atoms with van der Waals surface area (Å²) in [5.41, 5.74) is 28.8. The van der Waals surface area contributed by atoms with Crippen LogP contribution in [0.3, 0.4) is 0 Å². The standard InChI is InChI=1S/C31H24N2.C27H20N2.C23H24N2.2C21H20N2/c1-3-13-24(14-4-1)27-18-7-9-20-29(27)31(33-23-26-17-11-12-22-32-26)30-21-10-8-19-28(30)25-15-5-2-6-16-25;1-3-14-23-20(9-1)11-7-16-25(23)27(29-19-22-13-5-6-18-28-22)26-17-8-12-21-10-2-4-15-24(21)26;1-3-18-11-5-7-14-21(18)23(22-15-8-6-12-19(22)4-2)25-17-20-13-9-10-16-24-20;1-16-7-5-9-18(13-16)21(19-10-6-8-17(2)14-19)23-15-20-11-3-4-12-22-20;1-16-12-17(2)14-19(13-16)21(18-8-4-3-5-9-18)23-15-20-10-6-7-11-22-20/h1-23,31H;1-19,27H;5-17,23H,3-4H2,1-2H3;2*3-15,21H,1-2H3. The van der Waals surface area contributed by atoms with Gasteiger partial charge in [0.15, 0.2) is 0 Å². The molecule has 19 rings (SSSR count). The van der Waals surface area contributed by atoms with E-state index in [0.717, 1.165) is 41.3 Å². The van der Waals surface area contributed by atoms with Crippen LogP contribution < -0.4 is 0 Å². The third-order valence-corrected chi connectivity index (χ3v) is 23.0. The molecule has 19 aromatic rings. The van der Waals surface area contributed by atoms with Gasteiger partial charge < -0.3 is 0 Å². The summed E-state index contributed by atoms with van der Waals surface area (Å²) in [6, 6.07) is 148. The van der Waals surface area contributed by atoms with Crippen molar-refractivity contribution in [3.05, 3.63) is 579 Å². The average Bonchev–Trinajstić information content (AvgIpc) is 0.783. The van der Waals surface area contributed by atoms with Gasteiger partial charge in [-0.2, -0.15) is 0 Å². The van der Waals surface area contributed by atoms with E-state index in [4.69, 9.17) is 25.0 Å². The van der Waals surface area contributed by atoms with E-state index in [2.05, 4.69) is 388 Å². The van der Waals surface area contributed by atoms with Crippen molar-refractivity contribution in [3.63, 3.8) is 0 Å². The van der Waals surface area contributed by atoms with Gasteiger partial charge in [0, 0.05) is 62.1 Å². The molecule has 0 aliphatic carbocycles. The highest BCUT2D eigenvalue weighted by Gasteiger charge is 2.24. The van der Waals surface area contributed by atoms with E-state index in [0.29, 0.717) is 0 Å². The summed E-state index contributed by atoms with van der Waals surface area (Å²) in [6.45, 7) is 12.9. The Labute approximate surface area is 783 Å². The third kappa shape index (κ3) is 25.4. The molecule has 0 aliphatic rings. The smallest absolute Gasteiger partial charge is 0.101 e. The van der Waals surface area contributed by atoms with Gasteiger partial charge in [-0.15, -0.1) is 0 Å². The Morgan fingerprint density at radius 3 is 0.850 bits per heavy atom. The molecule has 0 radical (unpaired) electrons. The van der Waals surface area contributed by atoms with Gasteiger partial charge in [-0.05, 0) is 212 Å². The van der Waals surface area contributed by atoms with Gasteiger partial charge in [-0.3, -0.25) is 49.9 Å². The van der Waals surface area contributed by atoms with Crippen molar-refractivity contribution in [2.45, 2.75) is 84.6 Å². The summed E-state index contributed by atoms with van der Waals surface area (Å²) in [5.74, 6) is 0. The number of nitrogens with zero attached hydrogens (tertiary/aromatic N) is 10. The van der Waals surface area contributed by atoms with E-state index in [9.17, 15) is 0 Å². The van der Waals surface area contributed by atoms with Gasteiger partial charge >= 0.3 is 0 Å². The number of rotatable bonds is 24. The van der Waals surface area contributed by atoms with Crippen molar-refractivity contribution in [1.29, 1.82) is 0 Å². The van der Waals surface area contributed by atoms with Crippen LogP contribution in [0.15, 0.2) is 487 Å². The number of pyridine rings is 5. The lowest BCUT2D eigenvalue weighted by Crippen LogP contribution is -2.06. The quantitative estimate of drug-likeness (QED) is 0.0557. The predicted octanol–water partition coefficient (Wildman–Crippen LogP) is 29.4. The lowest BCUT2D eigenvalue weighted by atomic mass is 9.87. The van der Waals surface area contributed by atoms with Crippen LogP contribution in [0, 0.1) is 27.7 Å². The van der Waals surface area contributed by atoms with Gasteiger partial charge in [0.05, 0.1) is 28.5 Å². The minimum atomic E-state index is -0.181. The van der Waals surface area contributed by atoms with Crippen LogP contribution in [0.5, 0.6) is 0 Å². The molecule has 0 aliphatic heterocycles. The molecule has 0 N–H and O–H groups in total. The molecule has 1 unspecified atom stereocenters. The van der Waals surface area contributed by atoms with Crippen LogP contribution in [0.2, 0.25) is 0 Å². The highest BCUT2D eigenvalue weighted by atomic mass is 14.8. The largest absolute Gasteiger partial charge is 0.278 e. The van der Waals surface area contributed by atoms with Crippen LogP contribution >= 0.6 is 0 Å². The van der Waals surface area contributed by atoms with E-state index < -0.39 is 0 Å². The molecular weight excluding hydrogens is 1620 g/mol. The van der Waals surface area contributed by atoms with E-state index >= 15 is 0 Å². The lowest BCUT2D eigenvalue weighted by Gasteiger charge is -2.21. The van der Waals surface area contributed by atoms with Crippen molar-refractivity contribution in [2.24, 2.45) is 25.0 Å². The van der Waals surface area contributed by atoms with Gasteiger partial charge in [-0.1, -0.05) is 406 Å². The fourth-order valence-corrected chi connectivity index (χ4v) is 16.7. The number of hydrogen-bond donors (Lipinski definition) is 0. The Bertz CT molecular complexity index is 6700. The van der Waals surface area contributed by atoms with Crippen LogP contribution in [0.1, 0.15) is 162 Å². The van der Waals surface area contributed by atoms with Crippen molar-refractivity contribution >= 4 is 52.6 Å². The molecule has 14 aromatic carbocycles. The second kappa shape index (κ2) is 47.7. The Morgan fingerprint density at radius 1 is 0.211 bits per heavy atom. The summed E-state index contributed by atoms with van der Waals surface area (Å²) in [5, 5.41) is 4.91. The van der Waals surface area contributed by atoms with Crippen molar-refractivity contribution in [2.75, 3.05) is 0 Å². The average molecular weight is 1730 g/mol. The monoisotopic (exact) mass is 1720 g/mol. The number of aromatic nitrogens is 5. The van der Waals surface area contributed by atoms with E-state index in [1.807, 2.05) is 140 Å². The Balaban J connectivity index is 0.000000128. The first-order valence-corrected chi connectivity index (χ1v) is 45.4. The maximum Gasteiger partial charge on any atom is 0.101 e. The van der Waals surface area contributed by atoms with Crippen molar-refractivity contribution < 1.29 is 0 Å². The molecule has 133 heavy (non-hydrogen) atoms. The summed E-state index contributed by atoms with van der Waals surface area (Å²) in [7, 11) is 0.